The van der Waals surface area contributed by atoms with Crippen molar-refractivity contribution in [1.82, 2.24) is 0 Å². The van der Waals surface area contributed by atoms with Crippen molar-refractivity contribution in [3.63, 3.8) is 0 Å². The van der Waals surface area contributed by atoms with Gasteiger partial charge in [-0.05, 0) is 52.8 Å². The van der Waals surface area contributed by atoms with Crippen LogP contribution in [0.25, 0.3) is 22.3 Å². The van der Waals surface area contributed by atoms with Crippen LogP contribution in [-0.4, -0.2) is 0 Å². The first-order valence-corrected chi connectivity index (χ1v) is 8.24. The lowest BCUT2D eigenvalue weighted by Gasteiger charge is -2.10. The monoisotopic (exact) mass is 310 g/mol. The van der Waals surface area contributed by atoms with Gasteiger partial charge in [0.15, 0.2) is 0 Å². The zero-order chi connectivity index (χ0) is 16.9. The molecule has 0 heteroatoms. The molecule has 0 aliphatic carbocycles. The molecular weight excluding hydrogens is 288 g/mol. The van der Waals surface area contributed by atoms with E-state index in [1.807, 2.05) is 12.1 Å². The third kappa shape index (κ3) is 3.55. The highest BCUT2D eigenvalue weighted by Gasteiger charge is 2.04. The van der Waals surface area contributed by atoms with E-state index < -0.39 is 0 Å². The van der Waals surface area contributed by atoms with Crippen molar-refractivity contribution >= 4 is 11.1 Å². The van der Waals surface area contributed by atoms with Gasteiger partial charge in [-0.3, -0.25) is 0 Å². The third-order valence-corrected chi connectivity index (χ3v) is 4.30. The minimum Gasteiger partial charge on any atom is -0.0911 e. The van der Waals surface area contributed by atoms with E-state index in [2.05, 4.69) is 93.2 Å². The summed E-state index contributed by atoms with van der Waals surface area (Å²) in [6.07, 6.45) is 2.16. The molecule has 0 N–H and O–H groups in total. The molecule has 0 spiro atoms. The lowest BCUT2D eigenvalue weighted by Crippen LogP contribution is -1.88. The fourth-order valence-corrected chi connectivity index (χ4v) is 2.93. The number of rotatable bonds is 4. The quantitative estimate of drug-likeness (QED) is 0.466. The molecule has 0 amide bonds. The molecule has 0 nitrogen and oxygen atoms in total. The number of aryl methyl sites for hydroxylation is 1. The third-order valence-electron chi connectivity index (χ3n) is 4.30. The summed E-state index contributed by atoms with van der Waals surface area (Å²) in [4.78, 5) is 0. The minimum absolute atomic E-state index is 1.04. The lowest BCUT2D eigenvalue weighted by molar-refractivity contribution is 1.44. The molecule has 0 saturated heterocycles. The summed E-state index contributed by atoms with van der Waals surface area (Å²) in [7, 11) is 0. The Morgan fingerprint density at radius 1 is 0.792 bits per heavy atom. The van der Waals surface area contributed by atoms with Crippen LogP contribution >= 0.6 is 0 Å². The second-order valence-corrected chi connectivity index (χ2v) is 6.11. The summed E-state index contributed by atoms with van der Waals surface area (Å²) >= 11 is 0. The molecule has 0 heterocycles. The van der Waals surface area contributed by atoms with Crippen molar-refractivity contribution in [2.24, 2.45) is 0 Å². The van der Waals surface area contributed by atoms with E-state index in [1.165, 1.54) is 33.4 Å². The lowest BCUT2D eigenvalue weighted by atomic mass is 9.95. The second-order valence-electron chi connectivity index (χ2n) is 6.11. The molecule has 3 aromatic rings. The predicted molar refractivity (Wildman–Crippen MR) is 106 cm³/mol. The second kappa shape index (κ2) is 7.14. The van der Waals surface area contributed by atoms with E-state index in [4.69, 9.17) is 0 Å². The SMILES string of the molecule is C=C(/C=C(\C)c1ccccc1)c1ccc(-c2ccccc2)c(C)c1. The van der Waals surface area contributed by atoms with E-state index in [9.17, 15) is 0 Å². The van der Waals surface area contributed by atoms with Gasteiger partial charge in [-0.15, -0.1) is 0 Å². The van der Waals surface area contributed by atoms with Crippen LogP contribution in [0.5, 0.6) is 0 Å². The van der Waals surface area contributed by atoms with Crippen LogP contribution in [0.15, 0.2) is 91.5 Å². The molecule has 3 aromatic carbocycles. The van der Waals surface area contributed by atoms with Crippen LogP contribution in [-0.2, 0) is 0 Å². The van der Waals surface area contributed by atoms with Gasteiger partial charge in [0.05, 0.1) is 0 Å². The van der Waals surface area contributed by atoms with Gasteiger partial charge in [0.1, 0.15) is 0 Å². The Morgan fingerprint density at radius 3 is 2.04 bits per heavy atom. The van der Waals surface area contributed by atoms with E-state index in [-0.39, 0.29) is 0 Å². The molecule has 24 heavy (non-hydrogen) atoms. The predicted octanol–water partition coefficient (Wildman–Crippen LogP) is 6.78. The topological polar surface area (TPSA) is 0 Å². The summed E-state index contributed by atoms with van der Waals surface area (Å²) in [6.45, 7) is 8.55. The fraction of sp³-hybridized carbons (Fsp3) is 0.0833. The van der Waals surface area contributed by atoms with Gasteiger partial charge >= 0.3 is 0 Å². The highest BCUT2D eigenvalue weighted by molar-refractivity contribution is 5.83. The van der Waals surface area contributed by atoms with Gasteiger partial charge in [0.2, 0.25) is 0 Å². The number of hydrogen-bond donors (Lipinski definition) is 0. The van der Waals surface area contributed by atoms with Gasteiger partial charge in [-0.2, -0.15) is 0 Å². The molecule has 0 atom stereocenters. The van der Waals surface area contributed by atoms with Crippen molar-refractivity contribution in [3.8, 4) is 11.1 Å². The maximum atomic E-state index is 4.26. The van der Waals surface area contributed by atoms with Crippen molar-refractivity contribution in [1.29, 1.82) is 0 Å². The Labute approximate surface area is 144 Å². The Morgan fingerprint density at radius 2 is 1.42 bits per heavy atom. The Balaban J connectivity index is 1.88. The summed E-state index contributed by atoms with van der Waals surface area (Å²) in [5.41, 5.74) is 8.47. The molecule has 0 radical (unpaired) electrons. The average molecular weight is 310 g/mol. The van der Waals surface area contributed by atoms with Crippen LogP contribution in [0.1, 0.15) is 23.6 Å². The van der Waals surface area contributed by atoms with Crippen LogP contribution in [0.4, 0.5) is 0 Å². The van der Waals surface area contributed by atoms with E-state index in [1.54, 1.807) is 0 Å². The Hall–Kier alpha value is -2.86. The number of benzene rings is 3. The van der Waals surface area contributed by atoms with Gasteiger partial charge < -0.3 is 0 Å². The molecule has 3 rings (SSSR count). The van der Waals surface area contributed by atoms with E-state index in [0.29, 0.717) is 0 Å². The summed E-state index contributed by atoms with van der Waals surface area (Å²) in [5.74, 6) is 0. The smallest absolute Gasteiger partial charge is 0.0154 e. The number of hydrogen-bond acceptors (Lipinski definition) is 0. The maximum Gasteiger partial charge on any atom is -0.0154 e. The molecule has 0 aliphatic rings. The van der Waals surface area contributed by atoms with Crippen molar-refractivity contribution < 1.29 is 0 Å². The molecule has 0 bridgehead atoms. The van der Waals surface area contributed by atoms with Gasteiger partial charge in [-0.25, -0.2) is 0 Å². The van der Waals surface area contributed by atoms with Crippen LogP contribution < -0.4 is 0 Å². The minimum atomic E-state index is 1.04. The van der Waals surface area contributed by atoms with Crippen LogP contribution in [0, 0.1) is 6.92 Å². The van der Waals surface area contributed by atoms with Crippen molar-refractivity contribution in [2.45, 2.75) is 13.8 Å². The first kappa shape index (κ1) is 16.0. The Bertz CT molecular complexity index is 868. The molecule has 0 unspecified atom stereocenters. The average Bonchev–Trinajstić information content (AvgIpc) is 2.63. The zero-order valence-electron chi connectivity index (χ0n) is 14.3. The zero-order valence-corrected chi connectivity index (χ0v) is 14.3. The summed E-state index contributed by atoms with van der Waals surface area (Å²) < 4.78 is 0. The largest absolute Gasteiger partial charge is 0.0911 e. The molecule has 0 saturated carbocycles. The molecular formula is C24H22. The Kier molecular flexibility index (Phi) is 4.77. The number of allylic oxidation sites excluding steroid dienone is 3. The van der Waals surface area contributed by atoms with Crippen molar-refractivity contribution in [2.75, 3.05) is 0 Å². The molecule has 0 fully saturated rings. The highest BCUT2D eigenvalue weighted by atomic mass is 14.1. The van der Waals surface area contributed by atoms with Gasteiger partial charge in [-0.1, -0.05) is 91.5 Å². The summed E-state index contributed by atoms with van der Waals surface area (Å²) in [6, 6.07) is 27.5. The molecule has 0 aliphatic heterocycles. The van der Waals surface area contributed by atoms with E-state index in [0.717, 1.165) is 5.57 Å². The van der Waals surface area contributed by atoms with Crippen LogP contribution in [0.3, 0.4) is 0 Å². The van der Waals surface area contributed by atoms with Gasteiger partial charge in [0.25, 0.3) is 0 Å². The van der Waals surface area contributed by atoms with E-state index >= 15 is 0 Å². The first-order chi connectivity index (χ1) is 11.6. The first-order valence-electron chi connectivity index (χ1n) is 8.24. The summed E-state index contributed by atoms with van der Waals surface area (Å²) in [5, 5.41) is 0. The normalized spacial score (nSPS) is 11.3. The van der Waals surface area contributed by atoms with Crippen LogP contribution in [0.2, 0.25) is 0 Å². The highest BCUT2D eigenvalue weighted by Crippen LogP contribution is 2.27. The standard InChI is InChI=1S/C24H22/c1-18(21-10-6-4-7-11-21)16-19(2)23-14-15-24(20(3)17-23)22-12-8-5-9-13-22/h4-17H,2H2,1,3H3/b18-16+. The molecule has 118 valence electrons. The molecule has 0 aromatic heterocycles. The van der Waals surface area contributed by atoms with Gasteiger partial charge in [0, 0.05) is 0 Å². The maximum absolute atomic E-state index is 4.26. The van der Waals surface area contributed by atoms with Crippen molar-refractivity contribution in [3.05, 3.63) is 108 Å². The fourth-order valence-electron chi connectivity index (χ4n) is 2.93.